The van der Waals surface area contributed by atoms with Gasteiger partial charge in [-0.3, -0.25) is 47.3 Å². The standard InChI is InChI=1S/C28H25ClFN3O4.C26H22BrFN2O3.C26H22ClFN2O3/c1-17-23(16-26(34)31-13-14-32-27(35)18-5-9-21(30)10-6-18)24-15-22(37-2)11-12-25(24)33(17)28(36)19-3-7-20(29)8-4-19;1-16-22(13-14-29-25(31)17-5-9-20(28)10-6-17)23-15-21(33-2)11-12-24(23)30(16)26(32)18-3-7-19(27)8-4-18;1-15-4-7-18(8-5-15)29-25(31)14-21-16(2)30(24-11-9-19(33-3)13-22(21)24)26(32)20-10-6-17(27)12-23(20)28/h3-12,15H,13-14,16H2,1-2H3,(H,31,34)(H,32,35);3-12,15H,13-14H2,1-2H3,(H,29,31);4-13H,14H2,1-3H3,(H,29,31). The molecule has 4 N–H and O–H groups in total. The lowest BCUT2D eigenvalue weighted by Crippen LogP contribution is -2.35. The quantitative estimate of drug-likeness (QED) is 0.0563. The van der Waals surface area contributed by atoms with E-state index in [0.29, 0.717) is 102 Å². The van der Waals surface area contributed by atoms with E-state index in [9.17, 15) is 46.7 Å². The third kappa shape index (κ3) is 17.6. The molecule has 3 aromatic heterocycles. The van der Waals surface area contributed by atoms with Crippen molar-refractivity contribution < 1.29 is 60.9 Å². The highest BCUT2D eigenvalue weighted by atomic mass is 79.9. The van der Waals surface area contributed by atoms with Gasteiger partial charge in [-0.1, -0.05) is 56.8 Å². The van der Waals surface area contributed by atoms with Crippen LogP contribution in [0.2, 0.25) is 10.0 Å². The number of halogens is 6. The zero-order valence-corrected chi connectivity index (χ0v) is 60.0. The van der Waals surface area contributed by atoms with E-state index >= 15 is 0 Å². The maximum absolute atomic E-state index is 14.5. The number of nitrogens with one attached hydrogen (secondary N) is 4. The molecule has 0 unspecified atom stereocenters. The van der Waals surface area contributed by atoms with E-state index in [1.165, 1.54) is 65.2 Å². The number of carbonyl (C=O) groups is 7. The number of benzene rings is 9. The van der Waals surface area contributed by atoms with E-state index in [1.807, 2.05) is 68.4 Å². The van der Waals surface area contributed by atoms with Crippen molar-refractivity contribution in [2.75, 3.05) is 46.3 Å². The smallest absolute Gasteiger partial charge is 0.265 e. The number of hydrogen-bond donors (Lipinski definition) is 4. The molecule has 526 valence electrons. The van der Waals surface area contributed by atoms with E-state index in [4.69, 9.17) is 37.4 Å². The second-order valence-corrected chi connectivity index (χ2v) is 25.6. The van der Waals surface area contributed by atoms with Crippen molar-refractivity contribution in [1.29, 1.82) is 0 Å². The van der Waals surface area contributed by atoms with Crippen LogP contribution in [0.4, 0.5) is 18.9 Å². The molecule has 4 amide bonds. The minimum absolute atomic E-state index is 0.0301. The maximum Gasteiger partial charge on any atom is 0.265 e. The van der Waals surface area contributed by atoms with Crippen LogP contribution in [0.15, 0.2) is 199 Å². The van der Waals surface area contributed by atoms with Gasteiger partial charge in [0.1, 0.15) is 34.7 Å². The molecule has 12 rings (SSSR count). The van der Waals surface area contributed by atoms with Gasteiger partial charge in [0.05, 0.1) is 56.3 Å². The van der Waals surface area contributed by atoms with Crippen LogP contribution in [0.25, 0.3) is 32.7 Å². The molecule has 0 aliphatic heterocycles. The van der Waals surface area contributed by atoms with Crippen molar-refractivity contribution in [2.45, 2.75) is 47.0 Å². The second kappa shape index (κ2) is 33.5. The van der Waals surface area contributed by atoms with Gasteiger partial charge in [-0.15, -0.1) is 0 Å². The lowest BCUT2D eigenvalue weighted by Gasteiger charge is -2.09. The Kier molecular flexibility index (Phi) is 24.2. The Labute approximate surface area is 609 Å². The van der Waals surface area contributed by atoms with Gasteiger partial charge in [0.2, 0.25) is 11.8 Å². The third-order valence-corrected chi connectivity index (χ3v) is 18.2. The zero-order chi connectivity index (χ0) is 73.8. The molecule has 17 nitrogen and oxygen atoms in total. The van der Waals surface area contributed by atoms with Gasteiger partial charge >= 0.3 is 0 Å². The maximum atomic E-state index is 14.5. The molecule has 12 aromatic rings. The molecule has 0 fully saturated rings. The van der Waals surface area contributed by atoms with Crippen molar-refractivity contribution in [3.05, 3.63) is 293 Å². The fourth-order valence-corrected chi connectivity index (χ4v) is 12.4. The molecule has 0 saturated heterocycles. The Balaban J connectivity index is 0.000000166. The molecule has 0 spiro atoms. The second-order valence-electron chi connectivity index (χ2n) is 23.8. The van der Waals surface area contributed by atoms with Gasteiger partial charge in [-0.25, -0.2) is 13.2 Å². The SMILES string of the molecule is COc1ccc2c(c1)c(CC(=O)NCCNC(=O)c1ccc(F)cc1)c(C)n2C(=O)c1ccc(Cl)cc1.COc1ccc2c(c1)c(CC(=O)Nc1ccc(C)cc1)c(C)n2C(=O)c1ccc(Cl)cc1F.COc1ccc2c(c1)c(CCNC(=O)c1ccc(F)cc1)c(C)n2C(=O)c1ccc(Br)cc1. The first-order valence-electron chi connectivity index (χ1n) is 32.3. The summed E-state index contributed by atoms with van der Waals surface area (Å²) in [6, 6.07) is 52.1. The Morgan fingerprint density at radius 2 is 0.816 bits per heavy atom. The molecule has 103 heavy (non-hydrogen) atoms. The van der Waals surface area contributed by atoms with Gasteiger partial charge in [-0.2, -0.15) is 0 Å². The molecule has 0 atom stereocenters. The molecular weight excluding hydrogens is 1430 g/mol. The van der Waals surface area contributed by atoms with E-state index in [-0.39, 0.29) is 77.8 Å². The first kappa shape index (κ1) is 74.4. The number of anilines is 1. The lowest BCUT2D eigenvalue weighted by atomic mass is 10.1. The molecule has 0 radical (unpaired) electrons. The van der Waals surface area contributed by atoms with Gasteiger partial charge in [0.25, 0.3) is 29.5 Å². The summed E-state index contributed by atoms with van der Waals surface area (Å²) in [5, 5.41) is 14.3. The molecule has 23 heteroatoms. The number of aromatic nitrogens is 3. The van der Waals surface area contributed by atoms with E-state index in [2.05, 4.69) is 37.2 Å². The van der Waals surface area contributed by atoms with E-state index in [0.717, 1.165) is 43.6 Å². The van der Waals surface area contributed by atoms with Crippen molar-refractivity contribution in [1.82, 2.24) is 29.7 Å². The monoisotopic (exact) mass is 1490 g/mol. The lowest BCUT2D eigenvalue weighted by molar-refractivity contribution is -0.120. The minimum atomic E-state index is -0.707. The molecule has 0 aliphatic carbocycles. The number of hydrogen-bond acceptors (Lipinski definition) is 10. The summed E-state index contributed by atoms with van der Waals surface area (Å²) >= 11 is 15.2. The fourth-order valence-electron chi connectivity index (χ4n) is 11.9. The number of fused-ring (bicyclic) bond motifs is 3. The number of methoxy groups -OCH3 is 3. The summed E-state index contributed by atoms with van der Waals surface area (Å²) in [4.78, 5) is 90.3. The third-order valence-electron chi connectivity index (χ3n) is 17.2. The number of rotatable bonds is 19. The average Bonchev–Trinajstić information content (AvgIpc) is 1.62. The van der Waals surface area contributed by atoms with Gasteiger partial charge < -0.3 is 35.5 Å². The van der Waals surface area contributed by atoms with Crippen LogP contribution in [0.1, 0.15) is 91.1 Å². The van der Waals surface area contributed by atoms with Crippen LogP contribution in [-0.2, 0) is 28.9 Å². The highest BCUT2D eigenvalue weighted by Gasteiger charge is 2.27. The van der Waals surface area contributed by atoms with Gasteiger partial charge in [0.15, 0.2) is 0 Å². The Hall–Kier alpha value is -11.3. The highest BCUT2D eigenvalue weighted by Crippen LogP contribution is 2.35. The number of nitrogens with zero attached hydrogens (tertiary/aromatic N) is 3. The number of aryl methyl sites for hydroxylation is 1. The van der Waals surface area contributed by atoms with E-state index < -0.39 is 17.5 Å². The Bertz CT molecular complexity index is 5200. The Morgan fingerprint density at radius 3 is 1.28 bits per heavy atom. The van der Waals surface area contributed by atoms with Gasteiger partial charge in [0, 0.05) is 95.3 Å². The highest BCUT2D eigenvalue weighted by molar-refractivity contribution is 9.10. The predicted molar refractivity (Wildman–Crippen MR) is 397 cm³/mol. The molecule has 0 bridgehead atoms. The van der Waals surface area contributed by atoms with Crippen LogP contribution in [0, 0.1) is 45.1 Å². The topological polar surface area (TPSA) is 210 Å². The first-order valence-corrected chi connectivity index (χ1v) is 33.8. The van der Waals surface area contributed by atoms with Crippen LogP contribution < -0.4 is 35.5 Å². The molecule has 9 aromatic carbocycles. The molecule has 0 aliphatic rings. The van der Waals surface area contributed by atoms with Crippen LogP contribution in [0.3, 0.4) is 0 Å². The molecule has 3 heterocycles. The number of carbonyl (C=O) groups excluding carboxylic acids is 7. The Morgan fingerprint density at radius 1 is 0.417 bits per heavy atom. The summed E-state index contributed by atoms with van der Waals surface area (Å²) in [5.74, 6) is -1.67. The van der Waals surface area contributed by atoms with Crippen molar-refractivity contribution in [3.8, 4) is 17.2 Å². The fraction of sp³-hybridized carbons (Fsp3) is 0.163. The first-order chi connectivity index (χ1) is 49.4. The van der Waals surface area contributed by atoms with Crippen molar-refractivity contribution in [2.24, 2.45) is 0 Å². The number of amides is 4. The molecular formula is C80H69BrCl2F3N7O10. The van der Waals surface area contributed by atoms with Crippen molar-refractivity contribution >= 4 is 119 Å². The summed E-state index contributed by atoms with van der Waals surface area (Å²) in [5.41, 5.74) is 9.74. The van der Waals surface area contributed by atoms with Crippen molar-refractivity contribution in [3.63, 3.8) is 0 Å². The normalized spacial score (nSPS) is 10.9. The van der Waals surface area contributed by atoms with Crippen LogP contribution in [-0.4, -0.2) is 96.0 Å². The minimum Gasteiger partial charge on any atom is -0.497 e. The largest absolute Gasteiger partial charge is 0.497 e. The average molecular weight is 1500 g/mol. The zero-order valence-electron chi connectivity index (χ0n) is 56.9. The van der Waals surface area contributed by atoms with Crippen LogP contribution in [0.5, 0.6) is 17.2 Å². The van der Waals surface area contributed by atoms with Gasteiger partial charge in [-0.05, 0) is 233 Å². The van der Waals surface area contributed by atoms with E-state index in [1.54, 1.807) is 117 Å². The summed E-state index contributed by atoms with van der Waals surface area (Å²) in [7, 11) is 4.69. The predicted octanol–water partition coefficient (Wildman–Crippen LogP) is 16.0. The summed E-state index contributed by atoms with van der Waals surface area (Å²) < 4.78 is 62.4. The summed E-state index contributed by atoms with van der Waals surface area (Å²) in [6.45, 7) is 8.18. The molecule has 0 saturated carbocycles. The summed E-state index contributed by atoms with van der Waals surface area (Å²) in [6.07, 6.45) is 0.581. The number of ether oxygens (including phenoxy) is 3. The van der Waals surface area contributed by atoms with Crippen LogP contribution >= 0.6 is 39.1 Å².